The van der Waals surface area contributed by atoms with E-state index in [1.165, 1.54) is 11.1 Å². The maximum atomic E-state index is 5.89. The Balaban J connectivity index is 1.99. The summed E-state index contributed by atoms with van der Waals surface area (Å²) in [6.45, 7) is 0. The Morgan fingerprint density at radius 3 is 1.95 bits per heavy atom. The van der Waals surface area contributed by atoms with Crippen LogP contribution in [0.2, 0.25) is 5.02 Å². The zero-order valence-electron chi connectivity index (χ0n) is 11.5. The molecule has 106 valence electrons. The van der Waals surface area contributed by atoms with Crippen LogP contribution in [0.1, 0.15) is 11.1 Å². The molecule has 0 saturated carbocycles. The first-order valence-corrected chi connectivity index (χ1v) is 6.92. The third kappa shape index (κ3) is 4.23. The van der Waals surface area contributed by atoms with E-state index in [9.17, 15) is 0 Å². The summed E-state index contributed by atoms with van der Waals surface area (Å²) in [6.07, 6.45) is 1.73. The van der Waals surface area contributed by atoms with Crippen molar-refractivity contribution in [2.24, 2.45) is 5.84 Å². The van der Waals surface area contributed by atoms with Gasteiger partial charge in [0.05, 0.1) is 7.11 Å². The molecule has 0 heterocycles. The molecule has 2 aromatic rings. The van der Waals surface area contributed by atoms with Crippen LogP contribution in [0.25, 0.3) is 0 Å². The average molecular weight is 291 g/mol. The Hall–Kier alpha value is -1.55. The van der Waals surface area contributed by atoms with Crippen LogP contribution in [0.5, 0.6) is 5.75 Å². The zero-order chi connectivity index (χ0) is 14.4. The molecule has 1 unspecified atom stereocenters. The fourth-order valence-electron chi connectivity index (χ4n) is 2.14. The quantitative estimate of drug-likeness (QED) is 0.635. The lowest BCUT2D eigenvalue weighted by Crippen LogP contribution is -2.38. The molecule has 0 bridgehead atoms. The molecule has 3 nitrogen and oxygen atoms in total. The van der Waals surface area contributed by atoms with Crippen molar-refractivity contribution >= 4 is 11.6 Å². The number of nitrogens with one attached hydrogen (secondary N) is 1. The van der Waals surface area contributed by atoms with Gasteiger partial charge in [-0.25, -0.2) is 0 Å². The maximum Gasteiger partial charge on any atom is 0.118 e. The smallest absolute Gasteiger partial charge is 0.118 e. The highest BCUT2D eigenvalue weighted by Gasteiger charge is 2.09. The fourth-order valence-corrected chi connectivity index (χ4v) is 2.27. The highest BCUT2D eigenvalue weighted by Crippen LogP contribution is 2.15. The second kappa shape index (κ2) is 7.29. The van der Waals surface area contributed by atoms with Crippen LogP contribution in [0.15, 0.2) is 48.5 Å². The highest BCUT2D eigenvalue weighted by atomic mass is 35.5. The third-order valence-electron chi connectivity index (χ3n) is 3.27. The van der Waals surface area contributed by atoms with Crippen LogP contribution in [-0.4, -0.2) is 13.2 Å². The molecule has 0 amide bonds. The lowest BCUT2D eigenvalue weighted by Gasteiger charge is -2.16. The van der Waals surface area contributed by atoms with E-state index >= 15 is 0 Å². The topological polar surface area (TPSA) is 47.3 Å². The van der Waals surface area contributed by atoms with Gasteiger partial charge in [-0.05, 0) is 48.2 Å². The third-order valence-corrected chi connectivity index (χ3v) is 3.52. The molecular formula is C16H19ClN2O. The summed E-state index contributed by atoms with van der Waals surface area (Å²) in [5.41, 5.74) is 5.32. The van der Waals surface area contributed by atoms with Crippen molar-refractivity contribution in [2.45, 2.75) is 18.9 Å². The van der Waals surface area contributed by atoms with Crippen molar-refractivity contribution in [3.8, 4) is 5.75 Å². The lowest BCUT2D eigenvalue weighted by atomic mass is 9.99. The first-order chi connectivity index (χ1) is 9.71. The summed E-state index contributed by atoms with van der Waals surface area (Å²) in [6, 6.07) is 16.1. The SMILES string of the molecule is COc1ccc(CC(Cc2ccc(Cl)cc2)NN)cc1. The molecule has 0 aromatic heterocycles. The van der Waals surface area contributed by atoms with Crippen molar-refractivity contribution in [1.29, 1.82) is 0 Å². The van der Waals surface area contributed by atoms with E-state index in [1.54, 1.807) is 7.11 Å². The second-order valence-corrected chi connectivity index (χ2v) is 5.18. The molecule has 0 aliphatic rings. The van der Waals surface area contributed by atoms with Crippen molar-refractivity contribution in [3.63, 3.8) is 0 Å². The van der Waals surface area contributed by atoms with Crippen molar-refractivity contribution in [3.05, 3.63) is 64.7 Å². The maximum absolute atomic E-state index is 5.89. The normalized spacial score (nSPS) is 12.2. The second-order valence-electron chi connectivity index (χ2n) is 4.75. The number of benzene rings is 2. The van der Waals surface area contributed by atoms with E-state index < -0.39 is 0 Å². The Morgan fingerprint density at radius 1 is 1.00 bits per heavy atom. The van der Waals surface area contributed by atoms with Crippen LogP contribution in [0.3, 0.4) is 0 Å². The minimum absolute atomic E-state index is 0.185. The van der Waals surface area contributed by atoms with Gasteiger partial charge >= 0.3 is 0 Å². The van der Waals surface area contributed by atoms with Gasteiger partial charge < -0.3 is 4.74 Å². The number of ether oxygens (including phenoxy) is 1. The molecule has 0 saturated heterocycles. The molecule has 0 aliphatic carbocycles. The largest absolute Gasteiger partial charge is 0.497 e. The average Bonchev–Trinajstić information content (AvgIpc) is 2.49. The van der Waals surface area contributed by atoms with Crippen LogP contribution < -0.4 is 16.0 Å². The summed E-state index contributed by atoms with van der Waals surface area (Å²) < 4.78 is 5.15. The number of hydrazine groups is 1. The molecule has 0 radical (unpaired) electrons. The molecule has 1 atom stereocenters. The molecular weight excluding hydrogens is 272 g/mol. The Kier molecular flexibility index (Phi) is 5.41. The van der Waals surface area contributed by atoms with Gasteiger partial charge in [0.1, 0.15) is 5.75 Å². The van der Waals surface area contributed by atoms with Crippen molar-refractivity contribution in [2.75, 3.05) is 7.11 Å². The predicted octanol–water partition coefficient (Wildman–Crippen LogP) is 2.97. The molecule has 2 rings (SSSR count). The first-order valence-electron chi connectivity index (χ1n) is 6.55. The number of hydrogen-bond acceptors (Lipinski definition) is 3. The van der Waals surface area contributed by atoms with Crippen molar-refractivity contribution < 1.29 is 4.74 Å². The Labute approximate surface area is 124 Å². The van der Waals surface area contributed by atoms with Gasteiger partial charge in [0, 0.05) is 11.1 Å². The van der Waals surface area contributed by atoms with Gasteiger partial charge in [0.2, 0.25) is 0 Å². The minimum atomic E-state index is 0.185. The summed E-state index contributed by atoms with van der Waals surface area (Å²) >= 11 is 5.89. The van der Waals surface area contributed by atoms with Gasteiger partial charge in [-0.3, -0.25) is 11.3 Å². The van der Waals surface area contributed by atoms with E-state index in [4.69, 9.17) is 22.2 Å². The predicted molar refractivity (Wildman–Crippen MR) is 83.0 cm³/mol. The van der Waals surface area contributed by atoms with Crippen LogP contribution in [0.4, 0.5) is 0 Å². The van der Waals surface area contributed by atoms with E-state index in [-0.39, 0.29) is 6.04 Å². The number of nitrogens with two attached hydrogens (primary N) is 1. The fraction of sp³-hybridized carbons (Fsp3) is 0.250. The number of hydrogen-bond donors (Lipinski definition) is 2. The van der Waals surface area contributed by atoms with E-state index in [1.807, 2.05) is 36.4 Å². The van der Waals surface area contributed by atoms with E-state index in [0.29, 0.717) is 0 Å². The van der Waals surface area contributed by atoms with Gasteiger partial charge in [-0.15, -0.1) is 0 Å². The molecule has 4 heteroatoms. The molecule has 3 N–H and O–H groups in total. The monoisotopic (exact) mass is 290 g/mol. The van der Waals surface area contributed by atoms with Gasteiger partial charge in [-0.1, -0.05) is 35.9 Å². The molecule has 0 spiro atoms. The summed E-state index contributed by atoms with van der Waals surface area (Å²) in [5.74, 6) is 6.52. The van der Waals surface area contributed by atoms with Crippen LogP contribution >= 0.6 is 11.6 Å². The first kappa shape index (κ1) is 14.9. The number of methoxy groups -OCH3 is 1. The standard InChI is InChI=1S/C16H19ClN2O/c1-20-16-8-4-13(5-9-16)11-15(19-18)10-12-2-6-14(17)7-3-12/h2-9,15,19H,10-11,18H2,1H3. The van der Waals surface area contributed by atoms with Crippen LogP contribution in [0, 0.1) is 0 Å². The lowest BCUT2D eigenvalue weighted by molar-refractivity contribution is 0.414. The van der Waals surface area contributed by atoms with E-state index in [2.05, 4.69) is 17.6 Å². The molecule has 0 aliphatic heterocycles. The molecule has 0 fully saturated rings. The minimum Gasteiger partial charge on any atom is -0.497 e. The van der Waals surface area contributed by atoms with Gasteiger partial charge in [-0.2, -0.15) is 0 Å². The summed E-state index contributed by atoms with van der Waals surface area (Å²) in [5, 5.41) is 0.751. The Bertz CT molecular complexity index is 525. The van der Waals surface area contributed by atoms with Gasteiger partial charge in [0.15, 0.2) is 0 Å². The van der Waals surface area contributed by atoms with Crippen molar-refractivity contribution in [1.82, 2.24) is 5.43 Å². The summed E-state index contributed by atoms with van der Waals surface area (Å²) in [7, 11) is 1.67. The number of halogens is 1. The molecule has 2 aromatic carbocycles. The van der Waals surface area contributed by atoms with Gasteiger partial charge in [0.25, 0.3) is 0 Å². The van der Waals surface area contributed by atoms with E-state index in [0.717, 1.165) is 23.6 Å². The Morgan fingerprint density at radius 2 is 1.50 bits per heavy atom. The highest BCUT2D eigenvalue weighted by molar-refractivity contribution is 6.30. The van der Waals surface area contributed by atoms with Crippen LogP contribution in [-0.2, 0) is 12.8 Å². The summed E-state index contributed by atoms with van der Waals surface area (Å²) in [4.78, 5) is 0. The number of rotatable bonds is 6. The zero-order valence-corrected chi connectivity index (χ0v) is 12.2. The molecule has 20 heavy (non-hydrogen) atoms.